The Morgan fingerprint density at radius 3 is 2.48 bits per heavy atom. The van der Waals surface area contributed by atoms with Gasteiger partial charge < -0.3 is 10.8 Å². The monoisotopic (exact) mass is 345 g/mol. The third-order valence-electron chi connectivity index (χ3n) is 6.57. The number of nitrogens with two attached hydrogens (primary N) is 1. The molecule has 4 bridgehead atoms. The van der Waals surface area contributed by atoms with E-state index in [0.29, 0.717) is 30.1 Å². The molecule has 6 nitrogen and oxygen atoms in total. The predicted molar refractivity (Wildman–Crippen MR) is 85.3 cm³/mol. The summed E-state index contributed by atoms with van der Waals surface area (Å²) in [5.41, 5.74) is 6.00. The van der Waals surface area contributed by atoms with Crippen molar-refractivity contribution >= 4 is 16.1 Å². The summed E-state index contributed by atoms with van der Waals surface area (Å²) in [4.78, 5) is 11.4. The van der Waals surface area contributed by atoms with Crippen LogP contribution in [0.15, 0.2) is 0 Å². The molecule has 7 atom stereocenters. The Kier molecular flexibility index (Phi) is 4.73. The van der Waals surface area contributed by atoms with Crippen molar-refractivity contribution in [1.82, 2.24) is 0 Å². The summed E-state index contributed by atoms with van der Waals surface area (Å²) in [7, 11) is -3.88. The van der Waals surface area contributed by atoms with Crippen LogP contribution in [0.1, 0.15) is 44.9 Å². The highest BCUT2D eigenvalue weighted by molar-refractivity contribution is 7.85. The van der Waals surface area contributed by atoms with Gasteiger partial charge in [-0.2, -0.15) is 8.42 Å². The van der Waals surface area contributed by atoms with E-state index in [2.05, 4.69) is 0 Å². The molecule has 7 unspecified atom stereocenters. The van der Waals surface area contributed by atoms with Crippen molar-refractivity contribution in [3.05, 3.63) is 0 Å². The van der Waals surface area contributed by atoms with Gasteiger partial charge in [0.1, 0.15) is 6.04 Å². The molecule has 0 aromatic rings. The van der Waals surface area contributed by atoms with Crippen molar-refractivity contribution in [3.8, 4) is 0 Å². The predicted octanol–water partition coefficient (Wildman–Crippen LogP) is 1.75. The van der Waals surface area contributed by atoms with Crippen LogP contribution in [0.4, 0.5) is 0 Å². The molecule has 4 fully saturated rings. The number of carboxylic acids is 1. The van der Waals surface area contributed by atoms with Crippen LogP contribution >= 0.6 is 0 Å². The largest absolute Gasteiger partial charge is 0.480 e. The van der Waals surface area contributed by atoms with Gasteiger partial charge in [0, 0.05) is 0 Å². The summed E-state index contributed by atoms with van der Waals surface area (Å²) in [6, 6.07) is -0.773. The van der Waals surface area contributed by atoms with Gasteiger partial charge in [0.2, 0.25) is 0 Å². The van der Waals surface area contributed by atoms with Crippen LogP contribution in [0.25, 0.3) is 0 Å². The van der Waals surface area contributed by atoms with Gasteiger partial charge in [-0.05, 0) is 74.0 Å². The molecule has 0 heterocycles. The van der Waals surface area contributed by atoms with Crippen LogP contribution in [-0.2, 0) is 14.9 Å². The highest BCUT2D eigenvalue weighted by Crippen LogP contribution is 2.60. The topological polar surface area (TPSA) is 118 Å². The second-order valence-electron chi connectivity index (χ2n) is 7.88. The lowest BCUT2D eigenvalue weighted by Crippen LogP contribution is -2.57. The molecule has 0 aromatic heterocycles. The molecule has 0 saturated heterocycles. The highest BCUT2D eigenvalue weighted by atomic mass is 32.2. The first-order chi connectivity index (χ1) is 10.8. The average molecular weight is 345 g/mol. The maximum absolute atomic E-state index is 11.4. The number of hydrogen-bond acceptors (Lipinski definition) is 4. The van der Waals surface area contributed by atoms with Crippen LogP contribution < -0.4 is 5.73 Å². The van der Waals surface area contributed by atoms with Crippen LogP contribution in [0.2, 0.25) is 0 Å². The summed E-state index contributed by atoms with van der Waals surface area (Å²) in [6.07, 6.45) is 6.70. The van der Waals surface area contributed by atoms with Crippen molar-refractivity contribution < 1.29 is 22.9 Å². The SMILES string of the molecule is NC(C(=O)O)C1C2CC3CC(C2)C(CCCCS(=O)(=O)O)C1C3. The van der Waals surface area contributed by atoms with Crippen molar-refractivity contribution in [3.63, 3.8) is 0 Å². The molecular formula is C16H27NO5S. The number of aliphatic carboxylic acids is 1. The third kappa shape index (κ3) is 3.56. The van der Waals surface area contributed by atoms with E-state index < -0.39 is 22.1 Å². The van der Waals surface area contributed by atoms with Gasteiger partial charge in [0.25, 0.3) is 10.1 Å². The van der Waals surface area contributed by atoms with E-state index in [1.54, 1.807) is 0 Å². The van der Waals surface area contributed by atoms with Crippen molar-refractivity contribution in [2.45, 2.75) is 51.0 Å². The zero-order chi connectivity index (χ0) is 16.8. The average Bonchev–Trinajstić information content (AvgIpc) is 2.43. The highest BCUT2D eigenvalue weighted by Gasteiger charge is 2.55. The van der Waals surface area contributed by atoms with E-state index >= 15 is 0 Å². The summed E-state index contributed by atoms with van der Waals surface area (Å²) in [5, 5.41) is 9.34. The number of hydrogen-bond donors (Lipinski definition) is 3. The van der Waals surface area contributed by atoms with Gasteiger partial charge in [-0.15, -0.1) is 0 Å². The van der Waals surface area contributed by atoms with Crippen LogP contribution in [0.3, 0.4) is 0 Å². The summed E-state index contributed by atoms with van der Waals surface area (Å²) >= 11 is 0. The van der Waals surface area contributed by atoms with Crippen molar-refractivity contribution in [1.29, 1.82) is 0 Å². The Morgan fingerprint density at radius 2 is 1.83 bits per heavy atom. The Hall–Kier alpha value is -0.660. The Labute approximate surface area is 137 Å². The van der Waals surface area contributed by atoms with Gasteiger partial charge in [0.05, 0.1) is 5.75 Å². The molecule has 0 aliphatic heterocycles. The molecule has 0 aromatic carbocycles. The maximum atomic E-state index is 11.4. The lowest BCUT2D eigenvalue weighted by Gasteiger charge is -2.59. The second kappa shape index (κ2) is 6.33. The molecule has 132 valence electrons. The smallest absolute Gasteiger partial charge is 0.320 e. The fraction of sp³-hybridized carbons (Fsp3) is 0.938. The minimum Gasteiger partial charge on any atom is -0.480 e. The van der Waals surface area contributed by atoms with Gasteiger partial charge in [-0.1, -0.05) is 6.42 Å². The molecule has 4 N–H and O–H groups in total. The fourth-order valence-corrected chi connectivity index (χ4v) is 6.50. The molecule has 0 amide bonds. The van der Waals surface area contributed by atoms with Crippen LogP contribution in [0.5, 0.6) is 0 Å². The minimum atomic E-state index is -3.88. The van der Waals surface area contributed by atoms with E-state index in [9.17, 15) is 18.3 Å². The zero-order valence-corrected chi connectivity index (χ0v) is 14.1. The molecule has 7 heteroatoms. The van der Waals surface area contributed by atoms with Gasteiger partial charge in [-0.25, -0.2) is 0 Å². The van der Waals surface area contributed by atoms with E-state index in [0.717, 1.165) is 38.0 Å². The van der Waals surface area contributed by atoms with Crippen molar-refractivity contribution in [2.24, 2.45) is 41.2 Å². The van der Waals surface area contributed by atoms with E-state index in [-0.39, 0.29) is 11.7 Å². The van der Waals surface area contributed by atoms with Gasteiger partial charge >= 0.3 is 5.97 Å². The molecule has 4 aliphatic rings. The van der Waals surface area contributed by atoms with Crippen molar-refractivity contribution in [2.75, 3.05) is 5.75 Å². The maximum Gasteiger partial charge on any atom is 0.320 e. The second-order valence-corrected chi connectivity index (χ2v) is 9.45. The number of carboxylic acid groups (broad SMARTS) is 1. The third-order valence-corrected chi connectivity index (χ3v) is 7.37. The molecule has 0 spiro atoms. The number of unbranched alkanes of at least 4 members (excludes halogenated alkanes) is 1. The molecule has 4 aliphatic carbocycles. The van der Waals surface area contributed by atoms with Gasteiger partial charge in [0.15, 0.2) is 0 Å². The number of carbonyl (C=O) groups is 1. The van der Waals surface area contributed by atoms with Crippen LogP contribution in [0, 0.1) is 35.5 Å². The molecule has 4 rings (SSSR count). The first kappa shape index (κ1) is 17.2. The summed E-state index contributed by atoms with van der Waals surface area (Å²) in [5.74, 6) is 1.69. The zero-order valence-electron chi connectivity index (χ0n) is 13.3. The summed E-state index contributed by atoms with van der Waals surface area (Å²) < 4.78 is 30.5. The fourth-order valence-electron chi connectivity index (χ4n) is 5.93. The van der Waals surface area contributed by atoms with E-state index in [1.807, 2.05) is 0 Å². The lowest BCUT2D eigenvalue weighted by molar-refractivity contribution is -0.149. The molecule has 23 heavy (non-hydrogen) atoms. The molecule has 0 radical (unpaired) electrons. The number of rotatable bonds is 7. The Morgan fingerprint density at radius 1 is 1.13 bits per heavy atom. The van der Waals surface area contributed by atoms with Gasteiger partial charge in [-0.3, -0.25) is 9.35 Å². The lowest BCUT2D eigenvalue weighted by atomic mass is 9.46. The quantitative estimate of drug-likeness (QED) is 0.478. The molecular weight excluding hydrogens is 318 g/mol. The first-order valence-electron chi connectivity index (χ1n) is 8.70. The summed E-state index contributed by atoms with van der Waals surface area (Å²) in [6.45, 7) is 0. The standard InChI is InChI=1S/C16H27NO5S/c17-15(16(18)19)14-11-6-9-5-10(8-11)12(13(14)7-9)3-1-2-4-23(20,21)22/h9-15H,1-8,17H2,(H,18,19)(H,20,21,22). The Bertz CT molecular complexity index is 563. The minimum absolute atomic E-state index is 0.0758. The van der Waals surface area contributed by atoms with E-state index in [4.69, 9.17) is 10.3 Å². The van der Waals surface area contributed by atoms with Crippen LogP contribution in [-0.4, -0.2) is 35.8 Å². The molecule has 4 saturated carbocycles. The normalized spacial score (nSPS) is 40.3. The first-order valence-corrected chi connectivity index (χ1v) is 10.3. The Balaban J connectivity index is 1.65. The van der Waals surface area contributed by atoms with E-state index in [1.165, 1.54) is 6.42 Å².